The van der Waals surface area contributed by atoms with Crippen LogP contribution in [-0.2, 0) is 29.7 Å². The van der Waals surface area contributed by atoms with Gasteiger partial charge in [0.25, 0.3) is 0 Å². The van der Waals surface area contributed by atoms with Crippen LogP contribution in [0.1, 0.15) is 29.7 Å². The van der Waals surface area contributed by atoms with Crippen molar-refractivity contribution in [3.63, 3.8) is 0 Å². The van der Waals surface area contributed by atoms with Gasteiger partial charge in [-0.05, 0) is 25.8 Å². The number of β-amino-alcohol motifs (C(OH)–C–C–N with tert-alkyl or cyclic N) is 1. The number of hydrogen-bond donors (Lipinski definition) is 4. The number of anilines is 1. The number of aliphatic hydroxyl groups excluding tert-OH is 4. The van der Waals surface area contributed by atoms with E-state index in [4.69, 9.17) is 9.47 Å². The molecule has 9 nitrogen and oxygen atoms in total. The summed E-state index contributed by atoms with van der Waals surface area (Å²) in [6, 6.07) is 7.83. The van der Waals surface area contributed by atoms with E-state index in [-0.39, 0.29) is 13.2 Å². The molecule has 1 aromatic carbocycles. The van der Waals surface area contributed by atoms with Crippen molar-refractivity contribution in [3.05, 3.63) is 47.3 Å². The molecule has 178 valence electrons. The summed E-state index contributed by atoms with van der Waals surface area (Å²) in [5.74, 6) is 0. The van der Waals surface area contributed by atoms with E-state index in [1.807, 2.05) is 43.1 Å². The standard InChI is InChI=1S/C23H35N3O6/c1-16-18(11-24-25(16)2)12-26-13-20(28)22(30)23(21(29)14-27)32-10-6-5-9-31-15-17-7-3-4-8-19(17)26/h3-4,7-8,11,20-23,27-30H,5-6,9-10,12-15H2,1-2H3/t20-,21-,22-,23-/m1/s1. The van der Waals surface area contributed by atoms with Crippen LogP contribution >= 0.6 is 0 Å². The predicted molar refractivity (Wildman–Crippen MR) is 119 cm³/mol. The number of aryl methyl sites for hydroxylation is 1. The van der Waals surface area contributed by atoms with Crippen LogP contribution in [0.25, 0.3) is 0 Å². The summed E-state index contributed by atoms with van der Waals surface area (Å²) in [6.07, 6.45) is -1.78. The van der Waals surface area contributed by atoms with Gasteiger partial charge in [-0.1, -0.05) is 18.2 Å². The third-order valence-electron chi connectivity index (χ3n) is 5.99. The number of aliphatic hydroxyl groups is 4. The van der Waals surface area contributed by atoms with E-state index in [1.54, 1.807) is 10.9 Å². The molecule has 0 radical (unpaired) electrons. The van der Waals surface area contributed by atoms with E-state index in [2.05, 4.69) is 5.10 Å². The molecule has 1 aromatic heterocycles. The predicted octanol–water partition coefficient (Wildman–Crippen LogP) is 0.506. The number of ether oxygens (including phenoxy) is 2. The Balaban J connectivity index is 1.93. The van der Waals surface area contributed by atoms with Crippen molar-refractivity contribution in [3.8, 4) is 0 Å². The normalized spacial score (nSPS) is 24.6. The second kappa shape index (κ2) is 11.7. The molecule has 3 rings (SSSR count). The summed E-state index contributed by atoms with van der Waals surface area (Å²) >= 11 is 0. The molecule has 4 N–H and O–H groups in total. The Morgan fingerprint density at radius 3 is 2.66 bits per heavy atom. The Morgan fingerprint density at radius 2 is 1.94 bits per heavy atom. The Bertz CT molecular complexity index is 845. The molecule has 0 unspecified atom stereocenters. The molecule has 1 aliphatic rings. The van der Waals surface area contributed by atoms with E-state index >= 15 is 0 Å². The Kier molecular flexibility index (Phi) is 9.03. The highest BCUT2D eigenvalue weighted by atomic mass is 16.5. The summed E-state index contributed by atoms with van der Waals surface area (Å²) < 4.78 is 13.3. The molecule has 0 aliphatic carbocycles. The van der Waals surface area contributed by atoms with Gasteiger partial charge in [0.15, 0.2) is 0 Å². The highest BCUT2D eigenvalue weighted by Gasteiger charge is 2.34. The first-order valence-electron chi connectivity index (χ1n) is 11.1. The molecule has 2 heterocycles. The molecule has 32 heavy (non-hydrogen) atoms. The maximum Gasteiger partial charge on any atom is 0.114 e. The number of nitrogens with zero attached hydrogens (tertiary/aromatic N) is 3. The second-order valence-electron chi connectivity index (χ2n) is 8.29. The Labute approximate surface area is 188 Å². The molecule has 2 aromatic rings. The molecular formula is C23H35N3O6. The number of para-hydroxylation sites is 1. The molecule has 0 saturated heterocycles. The first-order chi connectivity index (χ1) is 15.4. The fourth-order valence-corrected chi connectivity index (χ4v) is 3.90. The number of benzene rings is 1. The van der Waals surface area contributed by atoms with Gasteiger partial charge in [-0.25, -0.2) is 0 Å². The van der Waals surface area contributed by atoms with Crippen LogP contribution in [0.3, 0.4) is 0 Å². The van der Waals surface area contributed by atoms with Gasteiger partial charge in [0.05, 0.1) is 25.5 Å². The van der Waals surface area contributed by atoms with Crippen LogP contribution in [-0.4, -0.2) is 81.0 Å². The van der Waals surface area contributed by atoms with Crippen molar-refractivity contribution in [2.45, 2.75) is 57.3 Å². The third-order valence-corrected chi connectivity index (χ3v) is 5.99. The van der Waals surface area contributed by atoms with Crippen LogP contribution in [0, 0.1) is 6.92 Å². The third kappa shape index (κ3) is 6.06. The molecular weight excluding hydrogens is 414 g/mol. The largest absolute Gasteiger partial charge is 0.394 e. The topological polar surface area (TPSA) is 120 Å². The maximum absolute atomic E-state index is 10.9. The minimum Gasteiger partial charge on any atom is -0.394 e. The molecule has 0 fully saturated rings. The fourth-order valence-electron chi connectivity index (χ4n) is 3.90. The average molecular weight is 450 g/mol. The highest BCUT2D eigenvalue weighted by Crippen LogP contribution is 2.26. The first-order valence-corrected chi connectivity index (χ1v) is 11.1. The number of rotatable bonds is 4. The van der Waals surface area contributed by atoms with Crippen molar-refractivity contribution >= 4 is 5.69 Å². The zero-order chi connectivity index (χ0) is 23.1. The van der Waals surface area contributed by atoms with Crippen LogP contribution in [0.2, 0.25) is 0 Å². The lowest BCUT2D eigenvalue weighted by atomic mass is 10.0. The van der Waals surface area contributed by atoms with Gasteiger partial charge in [0.2, 0.25) is 0 Å². The van der Waals surface area contributed by atoms with E-state index in [0.717, 1.165) is 28.9 Å². The monoisotopic (exact) mass is 449 g/mol. The average Bonchev–Trinajstić information content (AvgIpc) is 3.11. The number of hydrogen-bond acceptors (Lipinski definition) is 8. The van der Waals surface area contributed by atoms with E-state index in [1.165, 1.54) is 0 Å². The van der Waals surface area contributed by atoms with Gasteiger partial charge in [0.1, 0.15) is 18.3 Å². The minimum atomic E-state index is -1.37. The van der Waals surface area contributed by atoms with Gasteiger partial charge in [-0.2, -0.15) is 5.10 Å². The zero-order valence-corrected chi connectivity index (χ0v) is 18.8. The second-order valence-corrected chi connectivity index (χ2v) is 8.29. The van der Waals surface area contributed by atoms with Gasteiger partial charge >= 0.3 is 0 Å². The molecule has 0 spiro atoms. The van der Waals surface area contributed by atoms with Crippen molar-refractivity contribution in [2.75, 3.05) is 31.3 Å². The lowest BCUT2D eigenvalue weighted by molar-refractivity contribution is -0.141. The van der Waals surface area contributed by atoms with Crippen LogP contribution < -0.4 is 4.90 Å². The number of fused-ring (bicyclic) bond motifs is 1. The molecule has 9 heteroatoms. The summed E-state index contributed by atoms with van der Waals surface area (Å²) in [6.45, 7) is 3.23. The summed E-state index contributed by atoms with van der Waals surface area (Å²) in [5.41, 5.74) is 3.87. The maximum atomic E-state index is 10.9. The van der Waals surface area contributed by atoms with Crippen LogP contribution in [0.4, 0.5) is 5.69 Å². The highest BCUT2D eigenvalue weighted by molar-refractivity contribution is 5.54. The molecule has 0 bridgehead atoms. The molecule has 0 amide bonds. The molecule has 1 aliphatic heterocycles. The van der Waals surface area contributed by atoms with E-state index in [0.29, 0.717) is 26.2 Å². The smallest absolute Gasteiger partial charge is 0.114 e. The van der Waals surface area contributed by atoms with Crippen LogP contribution in [0.15, 0.2) is 30.5 Å². The summed E-state index contributed by atoms with van der Waals surface area (Å²) in [5, 5.41) is 45.7. The summed E-state index contributed by atoms with van der Waals surface area (Å²) in [4.78, 5) is 1.98. The zero-order valence-electron chi connectivity index (χ0n) is 18.8. The van der Waals surface area contributed by atoms with Crippen molar-refractivity contribution < 1.29 is 29.9 Å². The van der Waals surface area contributed by atoms with E-state index < -0.39 is 31.0 Å². The van der Waals surface area contributed by atoms with Gasteiger partial charge in [0, 0.05) is 55.9 Å². The quantitative estimate of drug-likeness (QED) is 0.533. The Hall–Kier alpha value is -2.01. The van der Waals surface area contributed by atoms with Crippen molar-refractivity contribution in [2.24, 2.45) is 7.05 Å². The number of aromatic nitrogens is 2. The SMILES string of the molecule is Cc1c(CN2C[C@@H](O)[C@@H](O)[C@@H]([C@H](O)CO)OCCCCOCc3ccccc32)cnn1C. The summed E-state index contributed by atoms with van der Waals surface area (Å²) in [7, 11) is 1.88. The van der Waals surface area contributed by atoms with Crippen molar-refractivity contribution in [1.29, 1.82) is 0 Å². The van der Waals surface area contributed by atoms with E-state index in [9.17, 15) is 20.4 Å². The molecule has 4 atom stereocenters. The Morgan fingerprint density at radius 1 is 1.19 bits per heavy atom. The minimum absolute atomic E-state index is 0.0878. The molecule has 0 saturated carbocycles. The van der Waals surface area contributed by atoms with Gasteiger partial charge in [-0.15, -0.1) is 0 Å². The fraction of sp³-hybridized carbons (Fsp3) is 0.609. The lowest BCUT2D eigenvalue weighted by Crippen LogP contribution is -2.51. The first kappa shape index (κ1) is 24.6. The van der Waals surface area contributed by atoms with Gasteiger partial charge in [-0.3, -0.25) is 4.68 Å². The lowest BCUT2D eigenvalue weighted by Gasteiger charge is -2.34. The van der Waals surface area contributed by atoms with Gasteiger partial charge < -0.3 is 34.8 Å². The van der Waals surface area contributed by atoms with Crippen LogP contribution in [0.5, 0.6) is 0 Å². The van der Waals surface area contributed by atoms with Crippen molar-refractivity contribution in [1.82, 2.24) is 9.78 Å².